The van der Waals surface area contributed by atoms with Crippen LogP contribution in [-0.4, -0.2) is 74.6 Å². The van der Waals surface area contributed by atoms with E-state index in [9.17, 15) is 24.9 Å². The van der Waals surface area contributed by atoms with Crippen LogP contribution in [0.15, 0.2) is 94.5 Å². The number of rotatable bonds is 15. The molecule has 6 aromatic rings. The summed E-state index contributed by atoms with van der Waals surface area (Å²) in [6.07, 6.45) is 6.63. The lowest BCUT2D eigenvalue weighted by atomic mass is 9.91. The van der Waals surface area contributed by atoms with Gasteiger partial charge in [0, 0.05) is 54.2 Å². The normalized spacial score (nSPS) is 16.5. The number of benzene rings is 2. The minimum atomic E-state index is -1.77. The topological polar surface area (TPSA) is 140 Å². The number of nitrogens with zero attached hydrogens (tertiary/aromatic N) is 2. The second-order valence-electron chi connectivity index (χ2n) is 14.0. The van der Waals surface area contributed by atoms with E-state index in [1.54, 1.807) is 24.3 Å². The zero-order chi connectivity index (χ0) is 37.0. The van der Waals surface area contributed by atoms with Crippen molar-refractivity contribution in [3.63, 3.8) is 0 Å². The highest BCUT2D eigenvalue weighted by molar-refractivity contribution is 7.12. The molecule has 10 nitrogen and oxygen atoms in total. The number of aliphatic hydroxyl groups is 2. The monoisotopic (exact) mass is 794 g/mol. The van der Waals surface area contributed by atoms with Crippen molar-refractivity contribution < 1.29 is 34.3 Å². The predicted octanol–water partition coefficient (Wildman–Crippen LogP) is 6.59. The number of esters is 1. The van der Waals surface area contributed by atoms with E-state index in [2.05, 4.69) is 57.3 Å². The lowest BCUT2D eigenvalue weighted by Gasteiger charge is -2.35. The first-order valence-electron chi connectivity index (χ1n) is 18.2. The van der Waals surface area contributed by atoms with Crippen molar-refractivity contribution in [1.29, 1.82) is 0 Å². The molecule has 1 atom stereocenters. The van der Waals surface area contributed by atoms with Gasteiger partial charge in [-0.2, -0.15) is 0 Å². The molecule has 0 radical (unpaired) electrons. The molecule has 0 amide bonds. The molecule has 0 bridgehead atoms. The van der Waals surface area contributed by atoms with Gasteiger partial charge in [-0.25, -0.2) is 4.79 Å². The highest BCUT2D eigenvalue weighted by Gasteiger charge is 2.45. The zero-order valence-electron chi connectivity index (χ0n) is 30.6. The van der Waals surface area contributed by atoms with Gasteiger partial charge in [-0.05, 0) is 104 Å². The number of aryl methyl sites for hydroxylation is 1. The van der Waals surface area contributed by atoms with E-state index in [0.29, 0.717) is 45.4 Å². The summed E-state index contributed by atoms with van der Waals surface area (Å²) < 4.78 is 8.24. The molecule has 7 rings (SSSR count). The number of fused-ring (bicyclic) bond motifs is 2. The number of nitrogens with one attached hydrogen (secondary N) is 2. The summed E-state index contributed by atoms with van der Waals surface area (Å²) >= 11 is 2.72. The summed E-state index contributed by atoms with van der Waals surface area (Å²) in [6.45, 7) is 2.69. The largest absolute Gasteiger partial charge is 0.506 e. The summed E-state index contributed by atoms with van der Waals surface area (Å²) in [5.41, 5.74) is 1.39. The minimum absolute atomic E-state index is 0. The fraction of sp³-hybridized carbons (Fsp3) is 0.366. The third-order valence-corrected chi connectivity index (χ3v) is 12.5. The van der Waals surface area contributed by atoms with Gasteiger partial charge in [0.2, 0.25) is 11.2 Å². The number of H-pyrrole nitrogens is 1. The third kappa shape index (κ3) is 9.01. The summed E-state index contributed by atoms with van der Waals surface area (Å²) in [7, 11) is 2.19. The van der Waals surface area contributed by atoms with E-state index in [-0.39, 0.29) is 26.8 Å². The molecule has 0 aliphatic heterocycles. The predicted molar refractivity (Wildman–Crippen MR) is 216 cm³/mol. The van der Waals surface area contributed by atoms with E-state index >= 15 is 0 Å². The maximum atomic E-state index is 13.4. The van der Waals surface area contributed by atoms with E-state index in [1.807, 2.05) is 22.9 Å². The number of aromatic amines is 1. The Morgan fingerprint density at radius 1 is 0.982 bits per heavy atom. The number of halogens is 2. The van der Waals surface area contributed by atoms with E-state index in [0.717, 1.165) is 51.6 Å². The van der Waals surface area contributed by atoms with Crippen molar-refractivity contribution in [2.45, 2.75) is 68.9 Å². The molecular weight excluding hydrogens is 747 g/mol. The van der Waals surface area contributed by atoms with Crippen molar-refractivity contribution in [2.75, 3.05) is 26.7 Å². The smallest absolute Gasteiger partial charge is 0.349 e. The molecule has 0 unspecified atom stereocenters. The van der Waals surface area contributed by atoms with Gasteiger partial charge in [0.1, 0.15) is 11.9 Å². The fourth-order valence-electron chi connectivity index (χ4n) is 7.64. The highest BCUT2D eigenvalue weighted by atomic mass is 32.1. The number of aromatic nitrogens is 2. The van der Waals surface area contributed by atoms with Crippen LogP contribution in [0.25, 0.3) is 21.8 Å². The fourth-order valence-corrected chi connectivity index (χ4v) is 9.35. The van der Waals surface area contributed by atoms with Crippen LogP contribution in [0.3, 0.4) is 0 Å². The molecule has 5 N–H and O–H groups in total. The Hall–Kier alpha value is -4.44. The van der Waals surface area contributed by atoms with Gasteiger partial charge in [0.05, 0.1) is 21.4 Å². The lowest BCUT2D eigenvalue weighted by Crippen LogP contribution is -2.42. The van der Waals surface area contributed by atoms with Gasteiger partial charge in [0.25, 0.3) is 0 Å². The van der Waals surface area contributed by atoms with E-state index in [1.165, 1.54) is 51.3 Å². The van der Waals surface area contributed by atoms with Crippen LogP contribution < -0.4 is 10.9 Å². The maximum absolute atomic E-state index is 13.4. The third-order valence-electron chi connectivity index (χ3n) is 10.6. The standard InChI is InChI=1S/C41H46N4O6S2.2FH/c1-44(28-12-14-29(15-13-28)51-40(49)41(50,36-10-5-23-52-36)37-11-6-24-53-37)21-4-7-27-26-45(33-9-3-2-8-30(27)33)22-20-42-25-35(47)31-16-18-34(46)39-32(31)17-19-38(48)43-39;;/h2-3,5-6,8-11,16-19,23-24,26,28-29,35,42,46-47,50H,4,7,12-15,20-22,25H2,1H3,(H,43,48);2*1H/t28?,29?,35-;;/m0../s1. The number of para-hydroxylation sites is 1. The molecule has 55 heavy (non-hydrogen) atoms. The zero-order valence-corrected chi connectivity index (χ0v) is 32.2. The summed E-state index contributed by atoms with van der Waals surface area (Å²) in [5.74, 6) is -0.615. The van der Waals surface area contributed by atoms with Crippen LogP contribution in [0.5, 0.6) is 5.75 Å². The van der Waals surface area contributed by atoms with Crippen LogP contribution in [0.2, 0.25) is 0 Å². The number of phenolic OH excluding ortho intramolecular Hbond substituents is 1. The number of phenols is 1. The number of aromatic hydroxyl groups is 1. The summed E-state index contributed by atoms with van der Waals surface area (Å²) in [4.78, 5) is 31.4. The number of ether oxygens (including phenoxy) is 1. The number of hydrogen-bond donors (Lipinski definition) is 5. The number of thiophene rings is 2. The Kier molecular flexibility index (Phi) is 14.0. The number of carbonyl (C=O) groups excluding carboxylic acids is 1. The molecular formula is C41H48F2N4O6S2. The number of hydrogen-bond acceptors (Lipinski definition) is 10. The number of carbonyl (C=O) groups is 1. The maximum Gasteiger partial charge on any atom is 0.349 e. The average Bonchev–Trinajstić information content (AvgIpc) is 3.97. The van der Waals surface area contributed by atoms with E-state index < -0.39 is 17.7 Å². The molecule has 0 saturated heterocycles. The first-order valence-corrected chi connectivity index (χ1v) is 20.0. The Balaban J connectivity index is 0.00000290. The number of aliphatic hydroxyl groups excluding tert-OH is 1. The van der Waals surface area contributed by atoms with Crippen LogP contribution in [-0.2, 0) is 28.1 Å². The van der Waals surface area contributed by atoms with Gasteiger partial charge in [-0.15, -0.1) is 22.7 Å². The van der Waals surface area contributed by atoms with E-state index in [4.69, 9.17) is 4.74 Å². The first-order chi connectivity index (χ1) is 25.7. The SMILES string of the molecule is CN(CCCc1cn(CCNC[C@H](O)c2ccc(O)c3[nH]c(=O)ccc23)c2ccccc12)C1CCC(OC(=O)C(O)(c2cccs2)c2cccs2)CC1.F.F. The molecule has 1 aliphatic rings. The van der Waals surface area contributed by atoms with Crippen molar-refractivity contribution >= 4 is 50.4 Å². The molecule has 1 fully saturated rings. The molecule has 1 saturated carbocycles. The first kappa shape index (κ1) is 41.7. The molecule has 1 aliphatic carbocycles. The summed E-state index contributed by atoms with van der Waals surface area (Å²) in [6, 6.07) is 22.4. The van der Waals surface area contributed by atoms with Crippen LogP contribution >= 0.6 is 22.7 Å². The second kappa shape index (κ2) is 18.5. The molecule has 14 heteroatoms. The van der Waals surface area contributed by atoms with Crippen LogP contribution in [0, 0.1) is 0 Å². The Morgan fingerprint density at radius 3 is 2.38 bits per heavy atom. The Morgan fingerprint density at radius 2 is 1.69 bits per heavy atom. The van der Waals surface area contributed by atoms with Gasteiger partial charge < -0.3 is 39.8 Å². The Bertz CT molecular complexity index is 2170. The van der Waals surface area contributed by atoms with Crippen molar-refractivity contribution in [3.8, 4) is 5.75 Å². The molecule has 4 aromatic heterocycles. The van der Waals surface area contributed by atoms with Gasteiger partial charge in [-0.3, -0.25) is 14.2 Å². The van der Waals surface area contributed by atoms with Crippen LogP contribution in [0.4, 0.5) is 9.41 Å². The van der Waals surface area contributed by atoms with Crippen molar-refractivity contribution in [3.05, 3.63) is 121 Å². The molecule has 4 heterocycles. The Labute approximate surface area is 325 Å². The van der Waals surface area contributed by atoms with Crippen molar-refractivity contribution in [1.82, 2.24) is 19.8 Å². The lowest BCUT2D eigenvalue weighted by molar-refractivity contribution is -0.169. The van der Waals surface area contributed by atoms with Crippen molar-refractivity contribution in [2.24, 2.45) is 0 Å². The average molecular weight is 795 g/mol. The quantitative estimate of drug-likeness (QED) is 0.0580. The van der Waals surface area contributed by atoms with Gasteiger partial charge in [-0.1, -0.05) is 36.4 Å². The molecule has 294 valence electrons. The molecule has 0 spiro atoms. The second-order valence-corrected chi connectivity index (χ2v) is 15.9. The number of pyridine rings is 1. The van der Waals surface area contributed by atoms with Crippen LogP contribution in [0.1, 0.15) is 59.1 Å². The van der Waals surface area contributed by atoms with Gasteiger partial charge in [0.15, 0.2) is 0 Å². The minimum Gasteiger partial charge on any atom is -0.506 e. The molecule has 2 aromatic carbocycles. The van der Waals surface area contributed by atoms with Gasteiger partial charge >= 0.3 is 5.97 Å². The highest BCUT2D eigenvalue weighted by Crippen LogP contribution is 2.38. The summed E-state index contributed by atoms with van der Waals surface area (Å²) in [5, 5.41) is 41.7.